The number of nitriles is 1. The van der Waals surface area contributed by atoms with Crippen molar-refractivity contribution in [2.75, 3.05) is 12.3 Å². The highest BCUT2D eigenvalue weighted by Crippen LogP contribution is 2.53. The summed E-state index contributed by atoms with van der Waals surface area (Å²) in [6.45, 7) is 2.73. The number of phosphoric ester groups is 1. The molecule has 5 atom stereocenters. The van der Waals surface area contributed by atoms with Crippen molar-refractivity contribution in [3.63, 3.8) is 0 Å². The number of nitrogens with zero attached hydrogens (tertiary/aromatic N) is 4. The van der Waals surface area contributed by atoms with Gasteiger partial charge in [-0.25, -0.2) is 14.1 Å². The van der Waals surface area contributed by atoms with Crippen LogP contribution in [0.1, 0.15) is 25.6 Å². The first-order valence-electron chi connectivity index (χ1n) is 10.5. The molecule has 14 heteroatoms. The predicted molar refractivity (Wildman–Crippen MR) is 121 cm³/mol. The molecule has 2 aliphatic heterocycles. The van der Waals surface area contributed by atoms with Gasteiger partial charge in [-0.1, -0.05) is 23.7 Å². The van der Waals surface area contributed by atoms with Gasteiger partial charge >= 0.3 is 7.82 Å². The van der Waals surface area contributed by atoms with Crippen molar-refractivity contribution in [2.45, 2.75) is 43.5 Å². The number of hydrogen-bond acceptors (Lipinski definition) is 10. The first-order valence-corrected chi connectivity index (χ1v) is 12.4. The van der Waals surface area contributed by atoms with Gasteiger partial charge in [-0.15, -0.1) is 0 Å². The van der Waals surface area contributed by atoms with Gasteiger partial charge in [0, 0.05) is 0 Å². The fraction of sp³-hybridized carbons (Fsp3) is 0.381. The van der Waals surface area contributed by atoms with Crippen molar-refractivity contribution in [3.05, 3.63) is 53.4 Å². The van der Waals surface area contributed by atoms with Gasteiger partial charge in [0.25, 0.3) is 0 Å². The average molecular weight is 522 g/mol. The topological polar surface area (TPSA) is 163 Å². The van der Waals surface area contributed by atoms with Gasteiger partial charge in [0.15, 0.2) is 11.6 Å². The number of nitrogens with two attached hydrogens (primary N) is 1. The maximum absolute atomic E-state index is 12.7. The molecular formula is C21H21ClN5O7P. The molecule has 0 aliphatic carbocycles. The van der Waals surface area contributed by atoms with E-state index in [0.29, 0.717) is 11.2 Å². The van der Waals surface area contributed by atoms with Crippen molar-refractivity contribution in [3.8, 4) is 11.8 Å². The molecule has 12 nitrogen and oxygen atoms in total. The van der Waals surface area contributed by atoms with Crippen molar-refractivity contribution < 1.29 is 32.7 Å². The quantitative estimate of drug-likeness (QED) is 0.458. The molecule has 0 spiro atoms. The zero-order chi connectivity index (χ0) is 25.0. The molecule has 1 unspecified atom stereocenters. The Bertz CT molecular complexity index is 1380. The highest BCUT2D eigenvalue weighted by atomic mass is 35.5. The van der Waals surface area contributed by atoms with Gasteiger partial charge in [-0.3, -0.25) is 9.42 Å². The van der Waals surface area contributed by atoms with Crippen LogP contribution in [0.5, 0.6) is 5.75 Å². The monoisotopic (exact) mass is 521 g/mol. The fourth-order valence-corrected chi connectivity index (χ4v) is 5.28. The van der Waals surface area contributed by atoms with E-state index in [-0.39, 0.29) is 16.6 Å². The number of hydrogen-bond donors (Lipinski definition) is 2. The summed E-state index contributed by atoms with van der Waals surface area (Å²) in [5, 5.41) is 14.5. The van der Waals surface area contributed by atoms with Crippen molar-refractivity contribution in [2.24, 2.45) is 0 Å². The molecule has 5 rings (SSSR count). The molecule has 0 radical (unpaired) electrons. The number of rotatable bonds is 6. The van der Waals surface area contributed by atoms with Gasteiger partial charge in [0.05, 0.1) is 10.7 Å². The lowest BCUT2D eigenvalue weighted by atomic mass is 9.96. The summed E-state index contributed by atoms with van der Waals surface area (Å²) in [6.07, 6.45) is -1.27. The Morgan fingerprint density at radius 3 is 2.80 bits per heavy atom. The van der Waals surface area contributed by atoms with Crippen LogP contribution < -0.4 is 10.3 Å². The summed E-state index contributed by atoms with van der Waals surface area (Å²) in [4.78, 5) is 14.3. The number of anilines is 1. The lowest BCUT2D eigenvalue weighted by Gasteiger charge is -2.29. The third kappa shape index (κ3) is 4.26. The maximum Gasteiger partial charge on any atom is 0.527 e. The van der Waals surface area contributed by atoms with E-state index in [0.717, 1.165) is 0 Å². The number of halogens is 1. The van der Waals surface area contributed by atoms with Gasteiger partial charge in [0.2, 0.25) is 5.60 Å². The third-order valence-corrected chi connectivity index (χ3v) is 6.90. The number of fused-ring (bicyclic) bond motifs is 2. The molecule has 184 valence electrons. The highest BCUT2D eigenvalue weighted by Gasteiger charge is 2.65. The van der Waals surface area contributed by atoms with Gasteiger partial charge < -0.3 is 24.5 Å². The van der Waals surface area contributed by atoms with Crippen LogP contribution in [0.4, 0.5) is 5.82 Å². The van der Waals surface area contributed by atoms with E-state index in [1.54, 1.807) is 38.1 Å². The molecule has 0 saturated carbocycles. The van der Waals surface area contributed by atoms with Crippen LogP contribution in [0.3, 0.4) is 0 Å². The lowest BCUT2D eigenvalue weighted by Crippen LogP contribution is -2.45. The van der Waals surface area contributed by atoms with E-state index in [1.807, 2.05) is 0 Å². The Morgan fingerprint density at radius 1 is 1.29 bits per heavy atom. The third-order valence-electron chi connectivity index (χ3n) is 5.71. The molecule has 35 heavy (non-hydrogen) atoms. The summed E-state index contributed by atoms with van der Waals surface area (Å²) < 4.78 is 42.7. The zero-order valence-electron chi connectivity index (χ0n) is 18.6. The summed E-state index contributed by atoms with van der Waals surface area (Å²) in [5.74, 6) is -0.845. The molecule has 2 fully saturated rings. The molecule has 0 bridgehead atoms. The minimum atomic E-state index is -4.70. The lowest BCUT2D eigenvalue weighted by molar-refractivity contribution is -0.204. The van der Waals surface area contributed by atoms with E-state index in [4.69, 9.17) is 40.6 Å². The van der Waals surface area contributed by atoms with Crippen molar-refractivity contribution in [1.82, 2.24) is 14.6 Å². The van der Waals surface area contributed by atoms with Crippen LogP contribution in [0, 0.1) is 11.3 Å². The number of para-hydroxylation sites is 1. The Morgan fingerprint density at radius 2 is 2.06 bits per heavy atom. The molecule has 2 aromatic heterocycles. The summed E-state index contributed by atoms with van der Waals surface area (Å²) in [6, 6.07) is 11.6. The Kier molecular flexibility index (Phi) is 5.77. The predicted octanol–water partition coefficient (Wildman–Crippen LogP) is 3.01. The van der Waals surface area contributed by atoms with Gasteiger partial charge in [-0.05, 0) is 38.1 Å². The van der Waals surface area contributed by atoms with Crippen LogP contribution in [-0.4, -0.2) is 49.7 Å². The van der Waals surface area contributed by atoms with Crippen LogP contribution >= 0.6 is 19.4 Å². The Balaban J connectivity index is 1.45. The standard InChI is InChI=1S/C21H21ClN5O7P/c1-20(2)31-17-16(13-7-8-14-19(24)25-11-26-27(13)14)32-21(9-23,18(17)33-20)10-30-35(28,29)34-15-6-4-3-5-12(15)22/h3-8,11,16-18H,10H2,1-2H3,(H,28,29)(H2,24,25,26)/t16-,17-,18-,21+/m0/s1. The number of benzene rings is 1. The van der Waals surface area contributed by atoms with Crippen molar-refractivity contribution >= 4 is 30.8 Å². The Labute approximate surface area is 204 Å². The maximum atomic E-state index is 12.7. The molecule has 2 saturated heterocycles. The van der Waals surface area contributed by atoms with Crippen molar-refractivity contribution in [1.29, 1.82) is 5.26 Å². The normalized spacial score (nSPS) is 28.9. The number of nitrogen functional groups attached to an aromatic ring is 1. The van der Waals surface area contributed by atoms with Crippen LogP contribution in [0.15, 0.2) is 42.7 Å². The second-order valence-corrected chi connectivity index (χ2v) is 10.3. The zero-order valence-corrected chi connectivity index (χ0v) is 20.2. The molecule has 1 aromatic carbocycles. The van der Waals surface area contributed by atoms with E-state index < -0.39 is 44.1 Å². The van der Waals surface area contributed by atoms with Crippen LogP contribution in [-0.2, 0) is 23.3 Å². The molecule has 3 N–H and O–H groups in total. The molecule has 0 amide bonds. The second-order valence-electron chi connectivity index (χ2n) is 8.52. The first kappa shape index (κ1) is 24.0. The van der Waals surface area contributed by atoms with E-state index >= 15 is 0 Å². The van der Waals surface area contributed by atoms with Crippen LogP contribution in [0.25, 0.3) is 5.52 Å². The fourth-order valence-electron chi connectivity index (χ4n) is 4.23. The summed E-state index contributed by atoms with van der Waals surface area (Å²) in [7, 11) is -4.70. The number of aromatic nitrogens is 3. The second kappa shape index (κ2) is 8.43. The molecule has 2 aliphatic rings. The minimum Gasteiger partial charge on any atom is -0.403 e. The summed E-state index contributed by atoms with van der Waals surface area (Å²) in [5.41, 5.74) is 5.20. The van der Waals surface area contributed by atoms with Crippen LogP contribution in [0.2, 0.25) is 5.02 Å². The molecule has 3 aromatic rings. The SMILES string of the molecule is CC1(C)O[C@H]2[C@H](c3ccc4c(N)ncnn34)O[C@](C#N)(COP(=O)(O)Oc3ccccc3Cl)[C@H]2O1. The first-order chi connectivity index (χ1) is 16.5. The molecular weight excluding hydrogens is 501 g/mol. The summed E-state index contributed by atoms with van der Waals surface area (Å²) >= 11 is 6.00. The van der Waals surface area contributed by atoms with Gasteiger partial charge in [0.1, 0.15) is 48.6 Å². The minimum absolute atomic E-state index is 0.0485. The number of ether oxygens (including phenoxy) is 3. The van der Waals surface area contributed by atoms with E-state index in [1.165, 1.54) is 23.0 Å². The highest BCUT2D eigenvalue weighted by molar-refractivity contribution is 7.47. The average Bonchev–Trinajstić information content (AvgIpc) is 3.45. The van der Waals surface area contributed by atoms with E-state index in [2.05, 4.69) is 16.2 Å². The van der Waals surface area contributed by atoms with Gasteiger partial charge in [-0.2, -0.15) is 10.4 Å². The van der Waals surface area contributed by atoms with E-state index in [9.17, 15) is 14.7 Å². The number of phosphoric acid groups is 1. The Hall–Kier alpha value is -2.75. The smallest absolute Gasteiger partial charge is 0.403 e. The molecule has 4 heterocycles. The largest absolute Gasteiger partial charge is 0.527 e.